The van der Waals surface area contributed by atoms with Gasteiger partial charge in [0.2, 0.25) is 0 Å². The van der Waals surface area contributed by atoms with Crippen LogP contribution in [-0.2, 0) is 0 Å². The van der Waals surface area contributed by atoms with Crippen LogP contribution in [-0.4, -0.2) is 16.5 Å². The van der Waals surface area contributed by atoms with Crippen molar-refractivity contribution in [2.24, 2.45) is 5.92 Å². The number of aromatic nitrogens is 2. The van der Waals surface area contributed by atoms with Crippen molar-refractivity contribution in [3.63, 3.8) is 0 Å². The zero-order chi connectivity index (χ0) is 10.8. The molecule has 4 heteroatoms. The Kier molecular flexibility index (Phi) is 2.74. The lowest BCUT2D eigenvalue weighted by Crippen LogP contribution is -2.12. The second kappa shape index (κ2) is 4.37. The quantitative estimate of drug-likeness (QED) is 0.884. The summed E-state index contributed by atoms with van der Waals surface area (Å²) >= 11 is 1.67. The van der Waals surface area contributed by atoms with Crippen LogP contribution in [0.5, 0.6) is 0 Å². The molecule has 0 radical (unpaired) electrons. The monoisotopic (exact) mass is 233 g/mol. The summed E-state index contributed by atoms with van der Waals surface area (Å²) in [7, 11) is 0. The van der Waals surface area contributed by atoms with Crippen molar-refractivity contribution in [3.05, 3.63) is 17.8 Å². The van der Waals surface area contributed by atoms with E-state index in [0.717, 1.165) is 28.5 Å². The standard InChI is InChI=1S/C12H15N3S/c1-2-4-9(3-1)7-13-11-10-5-6-16-12(10)15-8-14-11/h5-6,8-9H,1-4,7H2,(H,13,14,15). The topological polar surface area (TPSA) is 37.8 Å². The van der Waals surface area contributed by atoms with Gasteiger partial charge in [-0.05, 0) is 30.2 Å². The maximum atomic E-state index is 4.32. The Morgan fingerprint density at radius 3 is 3.06 bits per heavy atom. The smallest absolute Gasteiger partial charge is 0.138 e. The minimum atomic E-state index is 0.837. The highest BCUT2D eigenvalue weighted by Gasteiger charge is 2.15. The summed E-state index contributed by atoms with van der Waals surface area (Å²) in [6.07, 6.45) is 7.17. The van der Waals surface area contributed by atoms with Crippen molar-refractivity contribution < 1.29 is 0 Å². The number of nitrogens with one attached hydrogen (secondary N) is 1. The third-order valence-corrected chi connectivity index (χ3v) is 4.12. The van der Waals surface area contributed by atoms with Crippen LogP contribution in [0.25, 0.3) is 10.2 Å². The van der Waals surface area contributed by atoms with Gasteiger partial charge in [0.25, 0.3) is 0 Å². The van der Waals surface area contributed by atoms with Gasteiger partial charge in [0.05, 0.1) is 5.39 Å². The minimum Gasteiger partial charge on any atom is -0.369 e. The minimum absolute atomic E-state index is 0.837. The predicted molar refractivity (Wildman–Crippen MR) is 67.9 cm³/mol. The molecule has 2 heterocycles. The summed E-state index contributed by atoms with van der Waals surface area (Å²) in [4.78, 5) is 9.65. The van der Waals surface area contributed by atoms with Crippen molar-refractivity contribution in [1.82, 2.24) is 9.97 Å². The summed E-state index contributed by atoms with van der Waals surface area (Å²) in [5, 5.41) is 6.70. The summed E-state index contributed by atoms with van der Waals surface area (Å²) in [6.45, 7) is 1.06. The zero-order valence-corrected chi connectivity index (χ0v) is 9.96. The third kappa shape index (κ3) is 1.89. The fourth-order valence-electron chi connectivity index (χ4n) is 2.39. The van der Waals surface area contributed by atoms with Gasteiger partial charge < -0.3 is 5.32 Å². The molecule has 0 unspecified atom stereocenters. The highest BCUT2D eigenvalue weighted by Crippen LogP contribution is 2.27. The first-order valence-corrected chi connectivity index (χ1v) is 6.73. The maximum absolute atomic E-state index is 4.32. The molecular weight excluding hydrogens is 218 g/mol. The molecule has 1 N–H and O–H groups in total. The number of nitrogens with zero attached hydrogens (tertiary/aromatic N) is 2. The van der Waals surface area contributed by atoms with Crippen molar-refractivity contribution in [3.8, 4) is 0 Å². The number of fused-ring (bicyclic) bond motifs is 1. The molecule has 0 bridgehead atoms. The van der Waals surface area contributed by atoms with Gasteiger partial charge in [-0.2, -0.15) is 0 Å². The van der Waals surface area contributed by atoms with E-state index in [1.165, 1.54) is 25.7 Å². The van der Waals surface area contributed by atoms with E-state index >= 15 is 0 Å². The van der Waals surface area contributed by atoms with Crippen LogP contribution in [0.1, 0.15) is 25.7 Å². The average Bonchev–Trinajstić information content (AvgIpc) is 2.97. The first kappa shape index (κ1) is 10.0. The molecular formula is C12H15N3S. The molecule has 1 aliphatic carbocycles. The SMILES string of the molecule is c1nc(NCC2CCCC2)c2ccsc2n1. The zero-order valence-electron chi connectivity index (χ0n) is 9.15. The Hall–Kier alpha value is -1.16. The van der Waals surface area contributed by atoms with Gasteiger partial charge in [0, 0.05) is 6.54 Å². The van der Waals surface area contributed by atoms with Crippen LogP contribution in [0.2, 0.25) is 0 Å². The molecule has 0 aromatic carbocycles. The lowest BCUT2D eigenvalue weighted by atomic mass is 10.1. The van der Waals surface area contributed by atoms with Crippen molar-refractivity contribution in [2.75, 3.05) is 11.9 Å². The average molecular weight is 233 g/mol. The van der Waals surface area contributed by atoms with E-state index in [2.05, 4.69) is 26.7 Å². The number of thiophene rings is 1. The first-order valence-electron chi connectivity index (χ1n) is 5.85. The lowest BCUT2D eigenvalue weighted by molar-refractivity contribution is 0.579. The molecule has 1 fully saturated rings. The van der Waals surface area contributed by atoms with Crippen molar-refractivity contribution in [1.29, 1.82) is 0 Å². The highest BCUT2D eigenvalue weighted by molar-refractivity contribution is 7.16. The van der Waals surface area contributed by atoms with Gasteiger partial charge in [-0.1, -0.05) is 12.8 Å². The molecule has 3 rings (SSSR count). The van der Waals surface area contributed by atoms with Crippen LogP contribution in [0, 0.1) is 5.92 Å². The number of hydrogen-bond donors (Lipinski definition) is 1. The summed E-state index contributed by atoms with van der Waals surface area (Å²) in [5.74, 6) is 1.84. The first-order chi connectivity index (χ1) is 7.93. The normalized spacial score (nSPS) is 17.0. The van der Waals surface area contributed by atoms with E-state index in [9.17, 15) is 0 Å². The second-order valence-corrected chi connectivity index (χ2v) is 5.29. The molecule has 0 saturated heterocycles. The maximum Gasteiger partial charge on any atom is 0.138 e. The summed E-state index contributed by atoms with van der Waals surface area (Å²) in [5.41, 5.74) is 0. The molecule has 2 aromatic heterocycles. The Morgan fingerprint density at radius 2 is 2.19 bits per heavy atom. The van der Waals surface area contributed by atoms with Crippen LogP contribution in [0.3, 0.4) is 0 Å². The van der Waals surface area contributed by atoms with E-state index in [1.54, 1.807) is 17.7 Å². The van der Waals surface area contributed by atoms with Gasteiger partial charge in [-0.25, -0.2) is 9.97 Å². The molecule has 1 aliphatic rings. The van der Waals surface area contributed by atoms with E-state index in [-0.39, 0.29) is 0 Å². The lowest BCUT2D eigenvalue weighted by Gasteiger charge is -2.11. The second-order valence-electron chi connectivity index (χ2n) is 4.39. The predicted octanol–water partition coefficient (Wildman–Crippen LogP) is 3.29. The number of hydrogen-bond acceptors (Lipinski definition) is 4. The Balaban J connectivity index is 1.75. The third-order valence-electron chi connectivity index (χ3n) is 3.29. The fraction of sp³-hybridized carbons (Fsp3) is 0.500. The molecule has 1 saturated carbocycles. The van der Waals surface area contributed by atoms with Crippen LogP contribution >= 0.6 is 11.3 Å². The highest BCUT2D eigenvalue weighted by atomic mass is 32.1. The Bertz CT molecular complexity index is 474. The van der Waals surface area contributed by atoms with Gasteiger partial charge >= 0.3 is 0 Å². The van der Waals surface area contributed by atoms with Gasteiger partial charge in [0.1, 0.15) is 17.0 Å². The van der Waals surface area contributed by atoms with E-state index in [1.807, 2.05) is 0 Å². The molecule has 0 amide bonds. The Labute approximate surface area is 98.9 Å². The molecule has 0 atom stereocenters. The molecule has 3 nitrogen and oxygen atoms in total. The van der Waals surface area contributed by atoms with Crippen molar-refractivity contribution >= 4 is 27.4 Å². The summed E-state index contributed by atoms with van der Waals surface area (Å²) in [6, 6.07) is 2.09. The van der Waals surface area contributed by atoms with Crippen LogP contribution < -0.4 is 5.32 Å². The molecule has 0 aliphatic heterocycles. The van der Waals surface area contributed by atoms with Crippen LogP contribution in [0.4, 0.5) is 5.82 Å². The van der Waals surface area contributed by atoms with Gasteiger partial charge in [0.15, 0.2) is 0 Å². The molecule has 2 aromatic rings. The largest absolute Gasteiger partial charge is 0.369 e. The summed E-state index contributed by atoms with van der Waals surface area (Å²) < 4.78 is 0. The molecule has 0 spiro atoms. The van der Waals surface area contributed by atoms with Gasteiger partial charge in [-0.15, -0.1) is 11.3 Å². The van der Waals surface area contributed by atoms with Gasteiger partial charge in [-0.3, -0.25) is 0 Å². The number of rotatable bonds is 3. The molecule has 16 heavy (non-hydrogen) atoms. The molecule has 84 valence electrons. The van der Waals surface area contributed by atoms with Crippen molar-refractivity contribution in [2.45, 2.75) is 25.7 Å². The van der Waals surface area contributed by atoms with Crippen LogP contribution in [0.15, 0.2) is 17.8 Å². The Morgan fingerprint density at radius 1 is 1.31 bits per heavy atom. The number of anilines is 1. The van der Waals surface area contributed by atoms with E-state index in [4.69, 9.17) is 0 Å². The fourth-order valence-corrected chi connectivity index (χ4v) is 3.12. The van der Waals surface area contributed by atoms with E-state index in [0.29, 0.717) is 0 Å². The van der Waals surface area contributed by atoms with E-state index < -0.39 is 0 Å².